The van der Waals surface area contributed by atoms with E-state index < -0.39 is 0 Å². The van der Waals surface area contributed by atoms with E-state index in [4.69, 9.17) is 0 Å². The van der Waals surface area contributed by atoms with Crippen molar-refractivity contribution in [3.8, 4) is 11.3 Å². The standard InChI is InChI=1S/C10H8IN3O2/c1-13-6-8(11)10(12-13)7-4-2-3-5-9(7)14(15)16/h2-6H,1H3. The van der Waals surface area contributed by atoms with Gasteiger partial charge in [-0.05, 0) is 28.7 Å². The summed E-state index contributed by atoms with van der Waals surface area (Å²) in [6.45, 7) is 0. The smallest absolute Gasteiger partial charge is 0.274 e. The maximum atomic E-state index is 10.9. The van der Waals surface area contributed by atoms with E-state index in [1.807, 2.05) is 6.20 Å². The van der Waals surface area contributed by atoms with Crippen molar-refractivity contribution >= 4 is 28.3 Å². The van der Waals surface area contributed by atoms with Crippen molar-refractivity contribution in [2.75, 3.05) is 0 Å². The minimum Gasteiger partial charge on any atom is -0.274 e. The number of aromatic nitrogens is 2. The molecule has 1 aromatic carbocycles. The number of rotatable bonds is 2. The fraction of sp³-hybridized carbons (Fsp3) is 0.100. The minimum absolute atomic E-state index is 0.0825. The SMILES string of the molecule is Cn1cc(I)c(-c2ccccc2[N+](=O)[O-])n1. The van der Waals surface area contributed by atoms with E-state index in [1.165, 1.54) is 6.07 Å². The Labute approximate surface area is 105 Å². The third-order valence-electron chi connectivity index (χ3n) is 2.14. The van der Waals surface area contributed by atoms with Gasteiger partial charge in [0.15, 0.2) is 0 Å². The molecule has 0 aliphatic rings. The van der Waals surface area contributed by atoms with Crippen molar-refractivity contribution in [3.63, 3.8) is 0 Å². The lowest BCUT2D eigenvalue weighted by atomic mass is 10.1. The Balaban J connectivity index is 2.64. The van der Waals surface area contributed by atoms with Gasteiger partial charge in [-0.25, -0.2) is 0 Å². The summed E-state index contributed by atoms with van der Waals surface area (Å²) in [7, 11) is 1.79. The summed E-state index contributed by atoms with van der Waals surface area (Å²) < 4.78 is 2.54. The molecule has 0 atom stereocenters. The lowest BCUT2D eigenvalue weighted by Gasteiger charge is -1.99. The lowest BCUT2D eigenvalue weighted by molar-refractivity contribution is -0.384. The molecule has 1 aromatic heterocycles. The van der Waals surface area contributed by atoms with Crippen LogP contribution < -0.4 is 0 Å². The van der Waals surface area contributed by atoms with Crippen LogP contribution in [-0.4, -0.2) is 14.7 Å². The highest BCUT2D eigenvalue weighted by molar-refractivity contribution is 14.1. The Bertz CT molecular complexity index is 551. The van der Waals surface area contributed by atoms with Crippen molar-refractivity contribution in [1.29, 1.82) is 0 Å². The zero-order valence-electron chi connectivity index (χ0n) is 8.42. The molecule has 5 nitrogen and oxygen atoms in total. The number of nitrogens with zero attached hydrogens (tertiary/aromatic N) is 3. The largest absolute Gasteiger partial charge is 0.278 e. The number of halogens is 1. The fourth-order valence-electron chi connectivity index (χ4n) is 1.48. The number of hydrogen-bond acceptors (Lipinski definition) is 3. The molecule has 0 spiro atoms. The van der Waals surface area contributed by atoms with Crippen LogP contribution in [0.4, 0.5) is 5.69 Å². The zero-order valence-corrected chi connectivity index (χ0v) is 10.6. The van der Waals surface area contributed by atoms with E-state index in [0.717, 1.165) is 3.57 Å². The van der Waals surface area contributed by atoms with Crippen molar-refractivity contribution in [3.05, 3.63) is 44.1 Å². The molecule has 0 unspecified atom stereocenters. The Morgan fingerprint density at radius 1 is 1.44 bits per heavy atom. The van der Waals surface area contributed by atoms with Crippen LogP contribution in [0.1, 0.15) is 0 Å². The Morgan fingerprint density at radius 2 is 2.12 bits per heavy atom. The van der Waals surface area contributed by atoms with Crippen LogP contribution in [0, 0.1) is 13.7 Å². The number of nitro benzene ring substituents is 1. The van der Waals surface area contributed by atoms with Crippen LogP contribution in [0.25, 0.3) is 11.3 Å². The van der Waals surface area contributed by atoms with E-state index in [-0.39, 0.29) is 10.6 Å². The van der Waals surface area contributed by atoms with E-state index in [2.05, 4.69) is 27.7 Å². The van der Waals surface area contributed by atoms with Crippen LogP contribution in [0.5, 0.6) is 0 Å². The van der Waals surface area contributed by atoms with Crippen molar-refractivity contribution in [2.45, 2.75) is 0 Å². The monoisotopic (exact) mass is 329 g/mol. The highest BCUT2D eigenvalue weighted by Gasteiger charge is 2.18. The number of hydrogen-bond donors (Lipinski definition) is 0. The van der Waals surface area contributed by atoms with Crippen LogP contribution in [-0.2, 0) is 7.05 Å². The molecular formula is C10H8IN3O2. The molecule has 0 saturated heterocycles. The first-order valence-electron chi connectivity index (χ1n) is 4.52. The second kappa shape index (κ2) is 4.20. The van der Waals surface area contributed by atoms with Gasteiger partial charge < -0.3 is 0 Å². The predicted octanol–water partition coefficient (Wildman–Crippen LogP) is 2.60. The third-order valence-corrected chi connectivity index (χ3v) is 2.93. The van der Waals surface area contributed by atoms with Gasteiger partial charge in [0.25, 0.3) is 5.69 Å². The summed E-state index contributed by atoms with van der Waals surface area (Å²) in [5.41, 5.74) is 1.28. The van der Waals surface area contributed by atoms with Crippen molar-refractivity contribution < 1.29 is 4.92 Å². The van der Waals surface area contributed by atoms with Gasteiger partial charge in [-0.2, -0.15) is 5.10 Å². The molecule has 16 heavy (non-hydrogen) atoms. The summed E-state index contributed by atoms with van der Waals surface area (Å²) in [5.74, 6) is 0. The summed E-state index contributed by atoms with van der Waals surface area (Å²) in [5, 5.41) is 15.1. The molecule has 0 amide bonds. The molecule has 0 aliphatic heterocycles. The summed E-state index contributed by atoms with van der Waals surface area (Å²) in [4.78, 5) is 10.5. The predicted molar refractivity (Wildman–Crippen MR) is 68.0 cm³/mol. The number of benzene rings is 1. The molecular weight excluding hydrogens is 321 g/mol. The van der Waals surface area contributed by atoms with Crippen LogP contribution in [0.15, 0.2) is 30.5 Å². The summed E-state index contributed by atoms with van der Waals surface area (Å²) >= 11 is 2.12. The second-order valence-corrected chi connectivity index (χ2v) is 4.44. The van der Waals surface area contributed by atoms with E-state index in [0.29, 0.717) is 11.3 Å². The fourth-order valence-corrected chi connectivity index (χ4v) is 2.28. The quantitative estimate of drug-likeness (QED) is 0.483. The van der Waals surface area contributed by atoms with E-state index in [9.17, 15) is 10.1 Å². The third kappa shape index (κ3) is 1.92. The summed E-state index contributed by atoms with van der Waals surface area (Å²) in [6.07, 6.45) is 1.83. The first-order valence-corrected chi connectivity index (χ1v) is 5.60. The molecule has 6 heteroatoms. The van der Waals surface area contributed by atoms with E-state index in [1.54, 1.807) is 29.9 Å². The molecule has 0 saturated carbocycles. The van der Waals surface area contributed by atoms with Crippen molar-refractivity contribution in [2.24, 2.45) is 7.05 Å². The van der Waals surface area contributed by atoms with Gasteiger partial charge in [0.2, 0.25) is 0 Å². The average molecular weight is 329 g/mol. The zero-order chi connectivity index (χ0) is 11.7. The maximum absolute atomic E-state index is 10.9. The highest BCUT2D eigenvalue weighted by Crippen LogP contribution is 2.31. The molecule has 1 heterocycles. The number of nitro groups is 1. The van der Waals surface area contributed by atoms with Crippen LogP contribution in [0.3, 0.4) is 0 Å². The van der Waals surface area contributed by atoms with Gasteiger partial charge in [0.05, 0.1) is 14.1 Å². The number of aryl methyl sites for hydroxylation is 1. The van der Waals surface area contributed by atoms with Crippen LogP contribution in [0.2, 0.25) is 0 Å². The first-order chi connectivity index (χ1) is 7.59. The van der Waals surface area contributed by atoms with Gasteiger partial charge in [0.1, 0.15) is 5.69 Å². The van der Waals surface area contributed by atoms with Crippen molar-refractivity contribution in [1.82, 2.24) is 9.78 Å². The topological polar surface area (TPSA) is 61.0 Å². The molecule has 0 N–H and O–H groups in total. The molecule has 0 fully saturated rings. The normalized spacial score (nSPS) is 10.4. The second-order valence-electron chi connectivity index (χ2n) is 3.27. The molecule has 2 aromatic rings. The van der Waals surface area contributed by atoms with Gasteiger partial charge in [-0.15, -0.1) is 0 Å². The minimum atomic E-state index is -0.389. The average Bonchev–Trinajstić information content (AvgIpc) is 2.57. The van der Waals surface area contributed by atoms with Gasteiger partial charge in [-0.1, -0.05) is 12.1 Å². The Hall–Kier alpha value is -1.44. The Kier molecular flexibility index (Phi) is 2.90. The first kappa shape index (κ1) is 11.1. The van der Waals surface area contributed by atoms with E-state index >= 15 is 0 Å². The highest BCUT2D eigenvalue weighted by atomic mass is 127. The van der Waals surface area contributed by atoms with Crippen LogP contribution >= 0.6 is 22.6 Å². The van der Waals surface area contributed by atoms with Gasteiger partial charge in [-0.3, -0.25) is 14.8 Å². The molecule has 0 aliphatic carbocycles. The molecule has 0 radical (unpaired) electrons. The van der Waals surface area contributed by atoms with Gasteiger partial charge >= 0.3 is 0 Å². The lowest BCUT2D eigenvalue weighted by Crippen LogP contribution is -1.93. The summed E-state index contributed by atoms with van der Waals surface area (Å²) in [6, 6.07) is 6.62. The maximum Gasteiger partial charge on any atom is 0.278 e. The Morgan fingerprint density at radius 3 is 2.69 bits per heavy atom. The molecule has 0 bridgehead atoms. The molecule has 82 valence electrons. The molecule has 2 rings (SSSR count). The number of para-hydroxylation sites is 1. The van der Waals surface area contributed by atoms with Gasteiger partial charge in [0, 0.05) is 19.3 Å².